The molecular formula is C29H37N3O2. The third-order valence-corrected chi connectivity index (χ3v) is 8.54. The highest BCUT2D eigenvalue weighted by atomic mass is 16.5. The molecule has 2 aromatic rings. The number of likely N-dealkylation sites (tertiary alicyclic amines) is 1. The van der Waals surface area contributed by atoms with E-state index in [-0.39, 0.29) is 11.9 Å². The number of hydrogen-bond acceptors (Lipinski definition) is 4. The molecule has 4 aliphatic rings. The molecule has 6 rings (SSSR count). The van der Waals surface area contributed by atoms with Gasteiger partial charge in [0.2, 0.25) is 0 Å². The molecular weight excluding hydrogens is 422 g/mol. The minimum absolute atomic E-state index is 0.153. The Morgan fingerprint density at radius 2 is 1.68 bits per heavy atom. The molecule has 0 spiro atoms. The number of fused-ring (bicyclic) bond motifs is 2. The smallest absolute Gasteiger partial charge is 0.254 e. The summed E-state index contributed by atoms with van der Waals surface area (Å²) in [5.41, 5.74) is 4.43. The Hall–Kier alpha value is -2.37. The fourth-order valence-corrected chi connectivity index (χ4v) is 6.65. The predicted molar refractivity (Wildman–Crippen MR) is 134 cm³/mol. The van der Waals surface area contributed by atoms with Gasteiger partial charge in [0.1, 0.15) is 12.4 Å². The lowest BCUT2D eigenvalue weighted by atomic mass is 9.82. The molecule has 1 aliphatic carbocycles. The number of nitrogens with zero attached hydrogens (tertiary/aromatic N) is 2. The summed E-state index contributed by atoms with van der Waals surface area (Å²) >= 11 is 0. The number of ether oxygens (including phenoxy) is 1. The summed E-state index contributed by atoms with van der Waals surface area (Å²) in [4.78, 5) is 17.7. The van der Waals surface area contributed by atoms with Gasteiger partial charge in [-0.25, -0.2) is 0 Å². The Bertz CT molecular complexity index is 1000. The standard InChI is InChI=1S/C29H37N3O2/c33-29-26-8-3-9-28(27(26)19-32(29)25-7-4-14-30-15-25)34-20-22-12-10-21(11-13-22)16-31-17-23-5-1-2-6-24(23)18-31/h3,8-13,23-25,30H,1-2,4-7,14-20H2. The zero-order valence-electron chi connectivity index (χ0n) is 20.2. The molecule has 3 atom stereocenters. The molecule has 5 heteroatoms. The van der Waals surface area contributed by atoms with E-state index >= 15 is 0 Å². The van der Waals surface area contributed by atoms with Crippen molar-refractivity contribution in [1.29, 1.82) is 0 Å². The summed E-state index contributed by atoms with van der Waals surface area (Å²) < 4.78 is 6.25. The van der Waals surface area contributed by atoms with Crippen LogP contribution in [0.1, 0.15) is 65.6 Å². The van der Waals surface area contributed by atoms with E-state index in [1.165, 1.54) is 49.9 Å². The Morgan fingerprint density at radius 3 is 2.41 bits per heavy atom. The lowest BCUT2D eigenvalue weighted by molar-refractivity contribution is 0.0674. The van der Waals surface area contributed by atoms with Gasteiger partial charge in [0.15, 0.2) is 0 Å². The Labute approximate surface area is 203 Å². The molecule has 0 aromatic heterocycles. The van der Waals surface area contributed by atoms with Gasteiger partial charge in [-0.1, -0.05) is 43.2 Å². The number of benzene rings is 2. The van der Waals surface area contributed by atoms with Crippen LogP contribution in [0.15, 0.2) is 42.5 Å². The summed E-state index contributed by atoms with van der Waals surface area (Å²) in [6.45, 7) is 6.76. The Morgan fingerprint density at radius 1 is 0.912 bits per heavy atom. The molecule has 5 nitrogen and oxygen atoms in total. The SMILES string of the molecule is O=C1c2cccc(OCc3ccc(CN4CC5CCCCC5C4)cc3)c2CN1C1CCCNC1. The number of carbonyl (C=O) groups is 1. The van der Waals surface area contributed by atoms with Crippen LogP contribution in [0.3, 0.4) is 0 Å². The molecule has 2 aromatic carbocycles. The second-order valence-corrected chi connectivity index (χ2v) is 10.8. The topological polar surface area (TPSA) is 44.8 Å². The number of nitrogens with one attached hydrogen (secondary N) is 1. The van der Waals surface area contributed by atoms with Crippen LogP contribution >= 0.6 is 0 Å². The van der Waals surface area contributed by atoms with Crippen LogP contribution in [-0.4, -0.2) is 47.9 Å². The maximum atomic E-state index is 13.0. The maximum Gasteiger partial charge on any atom is 0.254 e. The molecule has 3 unspecified atom stereocenters. The largest absolute Gasteiger partial charge is 0.489 e. The van der Waals surface area contributed by atoms with Crippen molar-refractivity contribution in [1.82, 2.24) is 15.1 Å². The van der Waals surface area contributed by atoms with Crippen LogP contribution in [0, 0.1) is 11.8 Å². The minimum atomic E-state index is 0.153. The van der Waals surface area contributed by atoms with Crippen LogP contribution < -0.4 is 10.1 Å². The summed E-state index contributed by atoms with van der Waals surface area (Å²) in [6, 6.07) is 15.1. The lowest BCUT2D eigenvalue weighted by Crippen LogP contribution is -2.46. The highest BCUT2D eigenvalue weighted by Crippen LogP contribution is 2.37. The zero-order valence-corrected chi connectivity index (χ0v) is 20.2. The van der Waals surface area contributed by atoms with Gasteiger partial charge in [0.05, 0.1) is 6.54 Å². The lowest BCUT2D eigenvalue weighted by Gasteiger charge is -2.31. The average Bonchev–Trinajstić information content (AvgIpc) is 3.45. The second-order valence-electron chi connectivity index (χ2n) is 10.8. The van der Waals surface area contributed by atoms with Gasteiger partial charge in [0, 0.05) is 43.3 Å². The third kappa shape index (κ3) is 4.48. The molecule has 2 saturated heterocycles. The van der Waals surface area contributed by atoms with Gasteiger partial charge in [-0.2, -0.15) is 0 Å². The Balaban J connectivity index is 1.06. The van der Waals surface area contributed by atoms with Crippen LogP contribution in [0.5, 0.6) is 5.75 Å². The molecule has 34 heavy (non-hydrogen) atoms. The van der Waals surface area contributed by atoms with E-state index in [1.807, 2.05) is 23.1 Å². The molecule has 3 aliphatic heterocycles. The van der Waals surface area contributed by atoms with Crippen LogP contribution in [0.25, 0.3) is 0 Å². The molecule has 180 valence electrons. The van der Waals surface area contributed by atoms with E-state index in [9.17, 15) is 4.79 Å². The van der Waals surface area contributed by atoms with Crippen molar-refractivity contribution < 1.29 is 9.53 Å². The molecule has 3 fully saturated rings. The van der Waals surface area contributed by atoms with Crippen molar-refractivity contribution in [3.8, 4) is 5.75 Å². The highest BCUT2D eigenvalue weighted by molar-refractivity contribution is 5.99. The van der Waals surface area contributed by atoms with Crippen molar-refractivity contribution in [2.24, 2.45) is 11.8 Å². The fraction of sp³-hybridized carbons (Fsp3) is 0.552. The summed E-state index contributed by atoms with van der Waals surface area (Å²) in [5.74, 6) is 2.87. The third-order valence-electron chi connectivity index (χ3n) is 8.54. The molecule has 0 bridgehead atoms. The number of carbonyl (C=O) groups excluding carboxylic acids is 1. The van der Waals surface area contributed by atoms with Crippen LogP contribution in [0.4, 0.5) is 0 Å². The summed E-state index contributed by atoms with van der Waals surface area (Å²) in [5, 5.41) is 3.43. The molecule has 1 amide bonds. The first kappa shape index (κ1) is 22.1. The van der Waals surface area contributed by atoms with E-state index in [1.54, 1.807) is 0 Å². The molecule has 0 radical (unpaired) electrons. The van der Waals surface area contributed by atoms with Gasteiger partial charge in [-0.3, -0.25) is 9.69 Å². The van der Waals surface area contributed by atoms with Gasteiger partial charge in [-0.05, 0) is 67.3 Å². The zero-order chi connectivity index (χ0) is 22.9. The van der Waals surface area contributed by atoms with Gasteiger partial charge in [-0.15, -0.1) is 0 Å². The van der Waals surface area contributed by atoms with Crippen LogP contribution in [0.2, 0.25) is 0 Å². The van der Waals surface area contributed by atoms with E-state index in [0.717, 1.165) is 61.2 Å². The fourth-order valence-electron chi connectivity index (χ4n) is 6.65. The number of hydrogen-bond donors (Lipinski definition) is 1. The first-order valence-corrected chi connectivity index (χ1v) is 13.3. The molecule has 1 saturated carbocycles. The molecule has 1 N–H and O–H groups in total. The maximum absolute atomic E-state index is 13.0. The van der Waals surface area contributed by atoms with Gasteiger partial charge >= 0.3 is 0 Å². The van der Waals surface area contributed by atoms with E-state index in [0.29, 0.717) is 13.2 Å². The average molecular weight is 460 g/mol. The highest BCUT2D eigenvalue weighted by Gasteiger charge is 2.35. The van der Waals surface area contributed by atoms with E-state index < -0.39 is 0 Å². The van der Waals surface area contributed by atoms with Gasteiger partial charge in [0.25, 0.3) is 5.91 Å². The van der Waals surface area contributed by atoms with Crippen molar-refractivity contribution in [2.45, 2.75) is 64.3 Å². The first-order valence-electron chi connectivity index (χ1n) is 13.3. The first-order chi connectivity index (χ1) is 16.7. The number of rotatable bonds is 6. The van der Waals surface area contributed by atoms with Crippen molar-refractivity contribution in [3.63, 3.8) is 0 Å². The summed E-state index contributed by atoms with van der Waals surface area (Å²) in [7, 11) is 0. The minimum Gasteiger partial charge on any atom is -0.489 e. The van der Waals surface area contributed by atoms with E-state index in [4.69, 9.17) is 4.74 Å². The van der Waals surface area contributed by atoms with Gasteiger partial charge < -0.3 is 15.0 Å². The van der Waals surface area contributed by atoms with E-state index in [2.05, 4.69) is 34.5 Å². The van der Waals surface area contributed by atoms with Crippen molar-refractivity contribution in [2.75, 3.05) is 26.2 Å². The van der Waals surface area contributed by atoms with Crippen LogP contribution in [-0.2, 0) is 19.7 Å². The predicted octanol–water partition coefficient (Wildman–Crippen LogP) is 4.60. The van der Waals surface area contributed by atoms with Crippen molar-refractivity contribution in [3.05, 3.63) is 64.7 Å². The normalized spacial score (nSPS) is 27.0. The number of piperidine rings is 1. The molecule has 3 heterocycles. The second kappa shape index (κ2) is 9.71. The quantitative estimate of drug-likeness (QED) is 0.686. The summed E-state index contributed by atoms with van der Waals surface area (Å²) in [6.07, 6.45) is 7.93. The number of amides is 1. The Kier molecular flexibility index (Phi) is 6.32. The van der Waals surface area contributed by atoms with Crippen molar-refractivity contribution >= 4 is 5.91 Å². The monoisotopic (exact) mass is 459 g/mol.